The van der Waals surface area contributed by atoms with Gasteiger partial charge in [-0.05, 0) is 48.9 Å². The quantitative estimate of drug-likeness (QED) is 0.769. The lowest BCUT2D eigenvalue weighted by atomic mass is 9.96. The molecule has 0 radical (unpaired) electrons. The molecule has 2 aliphatic rings. The van der Waals surface area contributed by atoms with Crippen molar-refractivity contribution in [3.05, 3.63) is 33.8 Å². The van der Waals surface area contributed by atoms with E-state index in [1.165, 1.54) is 0 Å². The average molecular weight is 421 g/mol. The average Bonchev–Trinajstić information content (AvgIpc) is 3.39. The molecule has 3 rings (SSSR count). The Morgan fingerprint density at radius 1 is 1.23 bits per heavy atom. The molecule has 5 nitrogen and oxygen atoms in total. The van der Waals surface area contributed by atoms with Crippen molar-refractivity contribution in [3.8, 4) is 0 Å². The largest absolute Gasteiger partial charge is 0.355 e. The van der Waals surface area contributed by atoms with Crippen molar-refractivity contribution in [3.63, 3.8) is 0 Å². The van der Waals surface area contributed by atoms with Crippen LogP contribution >= 0.6 is 35.6 Å². The number of nitrogens with one attached hydrogen (secondary N) is 1. The van der Waals surface area contributed by atoms with Gasteiger partial charge in [0.2, 0.25) is 11.8 Å². The van der Waals surface area contributed by atoms with Crippen LogP contribution in [0.2, 0.25) is 10.0 Å². The zero-order chi connectivity index (χ0) is 18.0. The van der Waals surface area contributed by atoms with E-state index in [0.717, 1.165) is 31.4 Å². The Kier molecular flexibility index (Phi) is 7.59. The number of nitrogens with two attached hydrogens (primary N) is 1. The Bertz CT molecular complexity index is 651. The molecule has 0 aromatic heterocycles. The summed E-state index contributed by atoms with van der Waals surface area (Å²) in [6, 6.07) is 5.45. The van der Waals surface area contributed by atoms with E-state index in [9.17, 15) is 9.59 Å². The lowest BCUT2D eigenvalue weighted by molar-refractivity contribution is -0.136. The molecule has 3 N–H and O–H groups in total. The Morgan fingerprint density at radius 3 is 2.58 bits per heavy atom. The van der Waals surface area contributed by atoms with E-state index in [2.05, 4.69) is 5.32 Å². The second kappa shape index (κ2) is 9.27. The van der Waals surface area contributed by atoms with E-state index >= 15 is 0 Å². The van der Waals surface area contributed by atoms with Crippen LogP contribution in [0.15, 0.2) is 18.2 Å². The summed E-state index contributed by atoms with van der Waals surface area (Å²) < 4.78 is 0. The number of carbonyl (C=O) groups excluding carboxylic acids is 2. The Labute approximate surface area is 170 Å². The van der Waals surface area contributed by atoms with Gasteiger partial charge >= 0.3 is 0 Å². The first-order chi connectivity index (χ1) is 12.0. The van der Waals surface area contributed by atoms with E-state index in [4.69, 9.17) is 28.9 Å². The van der Waals surface area contributed by atoms with Gasteiger partial charge in [-0.3, -0.25) is 9.59 Å². The normalized spacial score (nSPS) is 24.6. The fourth-order valence-corrected chi connectivity index (χ4v) is 4.13. The van der Waals surface area contributed by atoms with Gasteiger partial charge in [0.05, 0.1) is 5.92 Å². The van der Waals surface area contributed by atoms with Crippen LogP contribution in [-0.4, -0.2) is 42.9 Å². The lowest BCUT2D eigenvalue weighted by Crippen LogP contribution is -2.46. The standard InChI is InChI=1S/C18H23Cl2N3O2.ClH/c19-13-6-12(7-14(20)8-13)15-9-16(15)18(25)23-5-1-2-11(10-23)17(24)22-4-3-21;/h6-8,11,15-16H,1-5,9-10,21H2,(H,22,24);1H. The summed E-state index contributed by atoms with van der Waals surface area (Å²) in [5.41, 5.74) is 6.44. The lowest BCUT2D eigenvalue weighted by Gasteiger charge is -2.32. The van der Waals surface area contributed by atoms with E-state index in [-0.39, 0.29) is 42.0 Å². The Balaban J connectivity index is 0.00000243. The number of piperidine rings is 1. The van der Waals surface area contributed by atoms with Gasteiger partial charge in [-0.2, -0.15) is 0 Å². The number of nitrogens with zero attached hydrogens (tertiary/aromatic N) is 1. The van der Waals surface area contributed by atoms with Crippen LogP contribution in [0.5, 0.6) is 0 Å². The third kappa shape index (κ3) is 5.03. The van der Waals surface area contributed by atoms with Gasteiger partial charge in [0.15, 0.2) is 0 Å². The maximum atomic E-state index is 12.8. The number of likely N-dealkylation sites (tertiary alicyclic amines) is 1. The second-order valence-electron chi connectivity index (χ2n) is 6.85. The number of carbonyl (C=O) groups is 2. The topological polar surface area (TPSA) is 75.4 Å². The van der Waals surface area contributed by atoms with Crippen LogP contribution in [0.3, 0.4) is 0 Å². The Morgan fingerprint density at radius 2 is 1.92 bits per heavy atom. The number of hydrogen-bond donors (Lipinski definition) is 2. The zero-order valence-corrected chi connectivity index (χ0v) is 16.7. The SMILES string of the molecule is Cl.NCCNC(=O)C1CCCN(C(=O)C2CC2c2cc(Cl)cc(Cl)c2)C1. The predicted octanol–water partition coefficient (Wildman–Crippen LogP) is 2.83. The molecular weight excluding hydrogens is 397 g/mol. The third-order valence-corrected chi connectivity index (χ3v) is 5.40. The van der Waals surface area contributed by atoms with Gasteiger partial charge in [-0.1, -0.05) is 23.2 Å². The second-order valence-corrected chi connectivity index (χ2v) is 7.73. The summed E-state index contributed by atoms with van der Waals surface area (Å²) >= 11 is 12.1. The van der Waals surface area contributed by atoms with Gasteiger partial charge in [-0.25, -0.2) is 0 Å². The molecule has 1 heterocycles. The van der Waals surface area contributed by atoms with Crippen LogP contribution in [0.25, 0.3) is 0 Å². The fourth-order valence-electron chi connectivity index (χ4n) is 3.59. The molecule has 1 aromatic carbocycles. The van der Waals surface area contributed by atoms with Crippen LogP contribution < -0.4 is 11.1 Å². The van der Waals surface area contributed by atoms with Crippen LogP contribution in [0.1, 0.15) is 30.7 Å². The van der Waals surface area contributed by atoms with E-state index < -0.39 is 0 Å². The van der Waals surface area contributed by atoms with E-state index in [0.29, 0.717) is 29.7 Å². The van der Waals surface area contributed by atoms with E-state index in [1.807, 2.05) is 17.0 Å². The summed E-state index contributed by atoms with van der Waals surface area (Å²) in [6.07, 6.45) is 2.49. The molecule has 1 saturated carbocycles. The zero-order valence-electron chi connectivity index (χ0n) is 14.4. The van der Waals surface area contributed by atoms with Crippen molar-refractivity contribution in [1.82, 2.24) is 10.2 Å². The molecule has 144 valence electrons. The molecule has 0 bridgehead atoms. The highest BCUT2D eigenvalue weighted by atomic mass is 35.5. The molecule has 3 atom stereocenters. The highest BCUT2D eigenvalue weighted by Crippen LogP contribution is 2.49. The number of hydrogen-bond acceptors (Lipinski definition) is 3. The van der Waals surface area contributed by atoms with Gasteiger partial charge < -0.3 is 16.0 Å². The van der Waals surface area contributed by atoms with Crippen LogP contribution in [0, 0.1) is 11.8 Å². The van der Waals surface area contributed by atoms with Crippen LogP contribution in [-0.2, 0) is 9.59 Å². The smallest absolute Gasteiger partial charge is 0.226 e. The molecule has 1 aliphatic heterocycles. The molecule has 1 saturated heterocycles. The number of rotatable bonds is 5. The molecule has 1 aliphatic carbocycles. The predicted molar refractivity (Wildman–Crippen MR) is 106 cm³/mol. The maximum Gasteiger partial charge on any atom is 0.226 e. The van der Waals surface area contributed by atoms with Crippen molar-refractivity contribution in [1.29, 1.82) is 0 Å². The third-order valence-electron chi connectivity index (χ3n) is 4.97. The van der Waals surface area contributed by atoms with Crippen molar-refractivity contribution < 1.29 is 9.59 Å². The first-order valence-electron chi connectivity index (χ1n) is 8.72. The van der Waals surface area contributed by atoms with Gasteiger partial charge in [0, 0.05) is 42.1 Å². The number of amides is 2. The summed E-state index contributed by atoms with van der Waals surface area (Å²) in [5, 5.41) is 4.01. The van der Waals surface area contributed by atoms with Gasteiger partial charge in [-0.15, -0.1) is 12.4 Å². The molecule has 2 fully saturated rings. The Hall–Kier alpha value is -1.01. The molecular formula is C18H24Cl3N3O2. The fraction of sp³-hybridized carbons (Fsp3) is 0.556. The number of halogens is 3. The van der Waals surface area contributed by atoms with Crippen LogP contribution in [0.4, 0.5) is 0 Å². The minimum Gasteiger partial charge on any atom is -0.355 e. The van der Waals surface area contributed by atoms with Gasteiger partial charge in [0.25, 0.3) is 0 Å². The van der Waals surface area contributed by atoms with Crippen molar-refractivity contribution in [2.24, 2.45) is 17.6 Å². The first kappa shape index (κ1) is 21.3. The molecule has 1 aromatic rings. The minimum atomic E-state index is -0.137. The molecule has 8 heteroatoms. The molecule has 3 unspecified atom stereocenters. The highest BCUT2D eigenvalue weighted by Gasteiger charge is 2.46. The summed E-state index contributed by atoms with van der Waals surface area (Å²) in [4.78, 5) is 26.8. The molecule has 26 heavy (non-hydrogen) atoms. The summed E-state index contributed by atoms with van der Waals surface area (Å²) in [5.74, 6) is 0.145. The monoisotopic (exact) mass is 419 g/mol. The van der Waals surface area contributed by atoms with Crippen molar-refractivity contribution in [2.75, 3.05) is 26.2 Å². The maximum absolute atomic E-state index is 12.8. The van der Waals surface area contributed by atoms with Crippen molar-refractivity contribution in [2.45, 2.75) is 25.2 Å². The first-order valence-corrected chi connectivity index (χ1v) is 9.47. The van der Waals surface area contributed by atoms with Gasteiger partial charge in [0.1, 0.15) is 0 Å². The van der Waals surface area contributed by atoms with E-state index in [1.54, 1.807) is 6.07 Å². The minimum absolute atomic E-state index is 0. The number of benzene rings is 1. The molecule has 2 amide bonds. The molecule has 0 spiro atoms. The highest BCUT2D eigenvalue weighted by molar-refractivity contribution is 6.34. The van der Waals surface area contributed by atoms with Crippen molar-refractivity contribution >= 4 is 47.4 Å². The summed E-state index contributed by atoms with van der Waals surface area (Å²) in [6.45, 7) is 2.12. The summed E-state index contributed by atoms with van der Waals surface area (Å²) in [7, 11) is 0.